The maximum absolute atomic E-state index is 13.0. The number of hydrogen-bond acceptors (Lipinski definition) is 7. The first-order chi connectivity index (χ1) is 19.0. The fourth-order valence-electron chi connectivity index (χ4n) is 6.88. The first-order valence-electron chi connectivity index (χ1n) is 14.9. The number of aliphatic hydroxyl groups excluding tert-OH is 1. The number of aliphatic hydroxyl groups is 1. The van der Waals surface area contributed by atoms with Crippen molar-refractivity contribution in [1.82, 2.24) is 14.9 Å². The molecule has 0 radical (unpaired) electrons. The van der Waals surface area contributed by atoms with E-state index in [1.807, 2.05) is 29.2 Å². The third-order valence-corrected chi connectivity index (χ3v) is 9.63. The van der Waals surface area contributed by atoms with Gasteiger partial charge in [-0.3, -0.25) is 4.79 Å². The van der Waals surface area contributed by atoms with E-state index in [0.717, 1.165) is 88.0 Å². The molecule has 0 spiro atoms. The van der Waals surface area contributed by atoms with Gasteiger partial charge >= 0.3 is 0 Å². The van der Waals surface area contributed by atoms with E-state index in [1.54, 1.807) is 7.11 Å². The Morgan fingerprint density at radius 2 is 1.82 bits per heavy atom. The highest BCUT2D eigenvalue weighted by molar-refractivity contribution is 5.77. The zero-order chi connectivity index (χ0) is 27.0. The van der Waals surface area contributed by atoms with E-state index in [9.17, 15) is 9.90 Å². The molecule has 4 aliphatic rings. The van der Waals surface area contributed by atoms with E-state index in [1.165, 1.54) is 30.5 Å². The Kier molecular flexibility index (Phi) is 7.40. The molecule has 210 valence electrons. The zero-order valence-electron chi connectivity index (χ0n) is 23.6. The summed E-state index contributed by atoms with van der Waals surface area (Å²) in [5, 5.41) is 10.3. The van der Waals surface area contributed by atoms with Crippen LogP contribution in [0.5, 0.6) is 5.75 Å². The van der Waals surface area contributed by atoms with Gasteiger partial charge in [-0.25, -0.2) is 4.98 Å². The van der Waals surface area contributed by atoms with Crippen LogP contribution in [0.4, 0.5) is 11.8 Å². The number of rotatable bonds is 8. The lowest BCUT2D eigenvalue weighted by molar-refractivity contribution is -0.131. The van der Waals surface area contributed by atoms with E-state index in [4.69, 9.17) is 14.7 Å². The summed E-state index contributed by atoms with van der Waals surface area (Å²) in [6, 6.07) is 7.98. The molecule has 2 aliphatic heterocycles. The highest BCUT2D eigenvalue weighted by Crippen LogP contribution is 2.51. The van der Waals surface area contributed by atoms with Crippen molar-refractivity contribution in [1.29, 1.82) is 0 Å². The average molecular weight is 534 g/mol. The molecule has 3 fully saturated rings. The van der Waals surface area contributed by atoms with E-state index in [0.29, 0.717) is 18.3 Å². The van der Waals surface area contributed by atoms with E-state index in [2.05, 4.69) is 16.7 Å². The second kappa shape index (κ2) is 11.0. The van der Waals surface area contributed by atoms with Crippen LogP contribution in [-0.4, -0.2) is 78.9 Å². The molecular weight excluding hydrogens is 490 g/mol. The van der Waals surface area contributed by atoms with Gasteiger partial charge in [0.1, 0.15) is 11.6 Å². The largest absolute Gasteiger partial charge is 0.497 e. The Labute approximate surface area is 232 Å². The highest BCUT2D eigenvalue weighted by Gasteiger charge is 2.49. The van der Waals surface area contributed by atoms with Crippen LogP contribution in [0.3, 0.4) is 0 Å². The van der Waals surface area contributed by atoms with Crippen LogP contribution in [-0.2, 0) is 24.1 Å². The third kappa shape index (κ3) is 5.45. The normalized spacial score (nSPS) is 25.1. The van der Waals surface area contributed by atoms with Crippen LogP contribution >= 0.6 is 0 Å². The van der Waals surface area contributed by atoms with Gasteiger partial charge in [0.2, 0.25) is 11.9 Å². The number of aryl methyl sites for hydroxylation is 1. The predicted octanol–water partition coefficient (Wildman–Crippen LogP) is 3.49. The Hall–Kier alpha value is -2.87. The third-order valence-electron chi connectivity index (χ3n) is 9.63. The molecule has 8 nitrogen and oxygen atoms in total. The second-order valence-electron chi connectivity index (χ2n) is 12.3. The maximum Gasteiger partial charge on any atom is 0.227 e. The van der Waals surface area contributed by atoms with Gasteiger partial charge in [0, 0.05) is 56.7 Å². The molecule has 2 saturated heterocycles. The Balaban J connectivity index is 1.13. The maximum atomic E-state index is 13.0. The van der Waals surface area contributed by atoms with Crippen LogP contribution in [0, 0.1) is 17.3 Å². The number of benzene rings is 1. The molecule has 0 bridgehead atoms. The lowest BCUT2D eigenvalue weighted by Crippen LogP contribution is -2.49. The molecule has 1 aromatic heterocycles. The number of nitrogens with zero attached hydrogens (tertiary/aromatic N) is 5. The van der Waals surface area contributed by atoms with Crippen LogP contribution in [0.25, 0.3) is 0 Å². The summed E-state index contributed by atoms with van der Waals surface area (Å²) in [6.45, 7) is 7.42. The van der Waals surface area contributed by atoms with Gasteiger partial charge < -0.3 is 24.5 Å². The van der Waals surface area contributed by atoms with Crippen molar-refractivity contribution >= 4 is 17.7 Å². The Morgan fingerprint density at radius 3 is 2.51 bits per heavy atom. The topological polar surface area (TPSA) is 82.0 Å². The number of carbonyl (C=O) groups excluding carboxylic acids is 1. The van der Waals surface area contributed by atoms with Gasteiger partial charge in [-0.15, -0.1) is 0 Å². The number of piperazine rings is 1. The summed E-state index contributed by atoms with van der Waals surface area (Å²) in [5.74, 6) is 4.27. The molecule has 2 aromatic rings. The van der Waals surface area contributed by atoms with E-state index in [-0.39, 0.29) is 17.9 Å². The van der Waals surface area contributed by atoms with Crippen molar-refractivity contribution in [2.24, 2.45) is 17.3 Å². The van der Waals surface area contributed by atoms with Crippen molar-refractivity contribution in [2.45, 2.75) is 58.3 Å². The van der Waals surface area contributed by atoms with Gasteiger partial charge in [-0.2, -0.15) is 4.98 Å². The van der Waals surface area contributed by atoms with Crippen molar-refractivity contribution in [3.8, 4) is 5.75 Å². The van der Waals surface area contributed by atoms with Crippen molar-refractivity contribution in [3.05, 3.63) is 41.1 Å². The quantitative estimate of drug-likeness (QED) is 0.556. The minimum atomic E-state index is 0.0184. The number of anilines is 2. The number of amides is 1. The lowest BCUT2D eigenvalue weighted by Gasteiger charge is -2.38. The first-order valence-corrected chi connectivity index (χ1v) is 14.9. The summed E-state index contributed by atoms with van der Waals surface area (Å²) in [6.07, 6.45) is 7.98. The summed E-state index contributed by atoms with van der Waals surface area (Å²) < 4.78 is 5.24. The van der Waals surface area contributed by atoms with Crippen molar-refractivity contribution in [3.63, 3.8) is 0 Å². The van der Waals surface area contributed by atoms with Gasteiger partial charge in [0.15, 0.2) is 0 Å². The SMILES string of the molecule is COc1ccc(CCC(=O)N2CCN(c3nc(N4CCC(CO)(C5CC5)C4)nc4c3CCC(C)C4)CC2)cc1. The molecular formula is C31H43N5O3. The number of fused-ring (bicyclic) bond motifs is 1. The molecule has 2 atom stereocenters. The molecule has 1 N–H and O–H groups in total. The minimum Gasteiger partial charge on any atom is -0.497 e. The van der Waals surface area contributed by atoms with Crippen LogP contribution in [0.1, 0.15) is 55.8 Å². The van der Waals surface area contributed by atoms with E-state index >= 15 is 0 Å². The molecule has 3 heterocycles. The number of carbonyl (C=O) groups is 1. The number of methoxy groups -OCH3 is 1. The molecule has 1 saturated carbocycles. The van der Waals surface area contributed by atoms with Gasteiger partial charge in [0.05, 0.1) is 19.4 Å². The minimum absolute atomic E-state index is 0.0184. The molecule has 1 amide bonds. The van der Waals surface area contributed by atoms with Crippen molar-refractivity contribution in [2.75, 3.05) is 62.8 Å². The average Bonchev–Trinajstić information content (AvgIpc) is 3.74. The summed E-state index contributed by atoms with van der Waals surface area (Å²) >= 11 is 0. The van der Waals surface area contributed by atoms with Gasteiger partial charge in [-0.1, -0.05) is 19.1 Å². The van der Waals surface area contributed by atoms with Gasteiger partial charge in [-0.05, 0) is 74.5 Å². The second-order valence-corrected chi connectivity index (χ2v) is 12.3. The number of ether oxygens (including phenoxy) is 1. The van der Waals surface area contributed by atoms with Gasteiger partial charge in [0.25, 0.3) is 0 Å². The molecule has 6 rings (SSSR count). The fraction of sp³-hybridized carbons (Fsp3) is 0.645. The van der Waals surface area contributed by atoms with Crippen LogP contribution in [0.2, 0.25) is 0 Å². The summed E-state index contributed by atoms with van der Waals surface area (Å²) in [7, 11) is 1.67. The Morgan fingerprint density at radius 1 is 1.05 bits per heavy atom. The first kappa shape index (κ1) is 26.4. The fourth-order valence-corrected chi connectivity index (χ4v) is 6.88. The lowest BCUT2D eigenvalue weighted by atomic mass is 9.83. The summed E-state index contributed by atoms with van der Waals surface area (Å²) in [5.41, 5.74) is 3.70. The van der Waals surface area contributed by atoms with Crippen LogP contribution < -0.4 is 14.5 Å². The smallest absolute Gasteiger partial charge is 0.227 e. The number of hydrogen-bond donors (Lipinski definition) is 1. The predicted molar refractivity (Wildman–Crippen MR) is 152 cm³/mol. The van der Waals surface area contributed by atoms with Crippen molar-refractivity contribution < 1.29 is 14.6 Å². The molecule has 2 aliphatic carbocycles. The standard InChI is InChI=1S/C31H43N5O3/c1-22-3-11-26-27(19-22)32-30(36-14-13-31(20-36,21-37)24-7-8-24)33-29(26)35-17-15-34(16-18-35)28(38)12-6-23-4-9-25(39-2)10-5-23/h4-5,9-10,22,24,37H,3,6-8,11-21H2,1-2H3. The molecule has 1 aromatic carbocycles. The Bertz CT molecular complexity index is 1180. The van der Waals surface area contributed by atoms with Crippen LogP contribution in [0.15, 0.2) is 24.3 Å². The molecule has 2 unspecified atom stereocenters. The highest BCUT2D eigenvalue weighted by atomic mass is 16.5. The molecule has 39 heavy (non-hydrogen) atoms. The van der Waals surface area contributed by atoms with E-state index < -0.39 is 0 Å². The zero-order valence-corrected chi connectivity index (χ0v) is 23.6. The summed E-state index contributed by atoms with van der Waals surface area (Å²) in [4.78, 5) is 30.1. The molecule has 8 heteroatoms. The number of aromatic nitrogens is 2. The monoisotopic (exact) mass is 533 g/mol.